The zero-order chi connectivity index (χ0) is 20.6. The van der Waals surface area contributed by atoms with Gasteiger partial charge in [-0.2, -0.15) is 0 Å². The van der Waals surface area contributed by atoms with Crippen molar-refractivity contribution in [1.82, 2.24) is 10.6 Å². The maximum Gasteiger partial charge on any atom is 0.253 e. The predicted octanol–water partition coefficient (Wildman–Crippen LogP) is 3.85. The van der Waals surface area contributed by atoms with Gasteiger partial charge in [0.2, 0.25) is 5.91 Å². The zero-order valence-electron chi connectivity index (χ0n) is 17.3. The van der Waals surface area contributed by atoms with Crippen molar-refractivity contribution in [2.24, 2.45) is 5.92 Å². The van der Waals surface area contributed by atoms with Crippen LogP contribution in [0.5, 0.6) is 0 Å². The summed E-state index contributed by atoms with van der Waals surface area (Å²) in [7, 11) is 0. The number of benzene rings is 1. The number of carbonyl (C=O) groups is 2. The third-order valence-electron chi connectivity index (χ3n) is 5.27. The molecular formula is C23H31N3O2S. The first-order valence-electron chi connectivity index (χ1n) is 10.5. The Balaban J connectivity index is 1.52. The summed E-state index contributed by atoms with van der Waals surface area (Å²) in [5, 5.41) is 8.21. The number of rotatable bonds is 8. The number of para-hydroxylation sites is 1. The standard InChI is InChI=1S/C23H31N3O2S/c1-17(2)9-12-24-23(28)20-7-3-4-8-21(20)26-13-10-18(11-14-26)25-22(27)16-19-6-5-15-29-19/h3-8,15,17-18H,9-14,16H2,1-2H3,(H,24,28)(H,25,27). The number of thiophene rings is 1. The molecule has 1 aliphatic heterocycles. The molecular weight excluding hydrogens is 382 g/mol. The molecule has 0 unspecified atom stereocenters. The molecule has 29 heavy (non-hydrogen) atoms. The number of piperidine rings is 1. The molecule has 1 aromatic heterocycles. The predicted molar refractivity (Wildman–Crippen MR) is 120 cm³/mol. The van der Waals surface area contributed by atoms with Crippen LogP contribution >= 0.6 is 11.3 Å². The maximum absolute atomic E-state index is 12.7. The smallest absolute Gasteiger partial charge is 0.253 e. The van der Waals surface area contributed by atoms with E-state index in [2.05, 4.69) is 29.4 Å². The van der Waals surface area contributed by atoms with Gasteiger partial charge in [0.15, 0.2) is 0 Å². The lowest BCUT2D eigenvalue weighted by atomic mass is 10.0. The lowest BCUT2D eigenvalue weighted by Gasteiger charge is -2.35. The molecule has 2 N–H and O–H groups in total. The molecule has 3 rings (SSSR count). The highest BCUT2D eigenvalue weighted by molar-refractivity contribution is 7.10. The van der Waals surface area contributed by atoms with E-state index in [0.29, 0.717) is 18.9 Å². The van der Waals surface area contributed by atoms with Gasteiger partial charge in [-0.05, 0) is 48.8 Å². The van der Waals surface area contributed by atoms with Crippen LogP contribution < -0.4 is 15.5 Å². The van der Waals surface area contributed by atoms with Crippen molar-refractivity contribution >= 4 is 28.8 Å². The van der Waals surface area contributed by atoms with Gasteiger partial charge >= 0.3 is 0 Å². The average Bonchev–Trinajstić information content (AvgIpc) is 3.21. The molecule has 0 atom stereocenters. The Morgan fingerprint density at radius 1 is 1.14 bits per heavy atom. The fraction of sp³-hybridized carbons (Fsp3) is 0.478. The van der Waals surface area contributed by atoms with Crippen molar-refractivity contribution in [1.29, 1.82) is 0 Å². The third-order valence-corrected chi connectivity index (χ3v) is 6.15. The van der Waals surface area contributed by atoms with E-state index >= 15 is 0 Å². The molecule has 0 saturated carbocycles. The average molecular weight is 414 g/mol. The van der Waals surface area contributed by atoms with Crippen LogP contribution in [0.2, 0.25) is 0 Å². The van der Waals surface area contributed by atoms with Crippen molar-refractivity contribution in [3.05, 3.63) is 52.2 Å². The minimum absolute atomic E-state index is 0.00683. The van der Waals surface area contributed by atoms with Crippen molar-refractivity contribution in [3.63, 3.8) is 0 Å². The van der Waals surface area contributed by atoms with Gasteiger partial charge in [-0.1, -0.05) is 32.0 Å². The van der Waals surface area contributed by atoms with E-state index in [-0.39, 0.29) is 17.9 Å². The molecule has 1 saturated heterocycles. The molecule has 0 spiro atoms. The molecule has 5 nitrogen and oxygen atoms in total. The van der Waals surface area contributed by atoms with E-state index < -0.39 is 0 Å². The van der Waals surface area contributed by atoms with Gasteiger partial charge in [0.1, 0.15) is 0 Å². The Bertz CT molecular complexity index is 796. The first-order valence-corrected chi connectivity index (χ1v) is 11.3. The van der Waals surface area contributed by atoms with Crippen molar-refractivity contribution < 1.29 is 9.59 Å². The molecule has 156 valence electrons. The molecule has 0 aliphatic carbocycles. The van der Waals surface area contributed by atoms with E-state index in [1.165, 1.54) is 0 Å². The summed E-state index contributed by atoms with van der Waals surface area (Å²) in [5.41, 5.74) is 1.72. The summed E-state index contributed by atoms with van der Waals surface area (Å²) in [6, 6.07) is 12.0. The SMILES string of the molecule is CC(C)CCNC(=O)c1ccccc1N1CCC(NC(=O)Cc2cccs2)CC1. The minimum atomic E-state index is -0.00683. The quantitative estimate of drug-likeness (QED) is 0.691. The second kappa shape index (κ2) is 10.4. The summed E-state index contributed by atoms with van der Waals surface area (Å²) < 4.78 is 0. The van der Waals surface area contributed by atoms with Gasteiger partial charge < -0.3 is 15.5 Å². The van der Waals surface area contributed by atoms with Crippen molar-refractivity contribution in [3.8, 4) is 0 Å². The Hall–Kier alpha value is -2.34. The number of anilines is 1. The Morgan fingerprint density at radius 3 is 2.59 bits per heavy atom. The van der Waals surface area contributed by atoms with Gasteiger partial charge in [-0.25, -0.2) is 0 Å². The topological polar surface area (TPSA) is 61.4 Å². The molecule has 0 bridgehead atoms. The number of hydrogen-bond acceptors (Lipinski definition) is 4. The minimum Gasteiger partial charge on any atom is -0.371 e. The second-order valence-corrected chi connectivity index (χ2v) is 9.07. The highest BCUT2D eigenvalue weighted by Gasteiger charge is 2.23. The van der Waals surface area contributed by atoms with Gasteiger partial charge in [0, 0.05) is 36.2 Å². The van der Waals surface area contributed by atoms with E-state index in [0.717, 1.165) is 48.5 Å². The molecule has 2 heterocycles. The van der Waals surface area contributed by atoms with Gasteiger partial charge in [0.05, 0.1) is 12.0 Å². The van der Waals surface area contributed by atoms with Gasteiger partial charge in [0.25, 0.3) is 5.91 Å². The van der Waals surface area contributed by atoms with Crippen LogP contribution in [0.15, 0.2) is 41.8 Å². The van der Waals surface area contributed by atoms with Crippen LogP contribution in [0.25, 0.3) is 0 Å². The van der Waals surface area contributed by atoms with E-state index in [4.69, 9.17) is 0 Å². The number of hydrogen-bond donors (Lipinski definition) is 2. The number of nitrogens with zero attached hydrogens (tertiary/aromatic N) is 1. The molecule has 1 fully saturated rings. The first-order chi connectivity index (χ1) is 14.0. The molecule has 6 heteroatoms. The van der Waals surface area contributed by atoms with Gasteiger partial charge in [-0.3, -0.25) is 9.59 Å². The number of nitrogens with one attached hydrogen (secondary N) is 2. The largest absolute Gasteiger partial charge is 0.371 e. The third kappa shape index (κ3) is 6.32. The number of amides is 2. The monoisotopic (exact) mass is 413 g/mol. The van der Waals surface area contributed by atoms with E-state index in [1.807, 2.05) is 41.8 Å². The lowest BCUT2D eigenvalue weighted by molar-refractivity contribution is -0.121. The molecule has 2 amide bonds. The Morgan fingerprint density at radius 2 is 1.90 bits per heavy atom. The van der Waals surface area contributed by atoms with Crippen LogP contribution in [0.3, 0.4) is 0 Å². The second-order valence-electron chi connectivity index (χ2n) is 8.04. The first kappa shape index (κ1) is 21.4. The highest BCUT2D eigenvalue weighted by Crippen LogP contribution is 2.24. The fourth-order valence-electron chi connectivity index (χ4n) is 3.63. The maximum atomic E-state index is 12.7. The Labute approximate surface area is 177 Å². The van der Waals surface area contributed by atoms with Crippen molar-refractivity contribution in [2.45, 2.75) is 45.6 Å². The summed E-state index contributed by atoms with van der Waals surface area (Å²) in [4.78, 5) is 28.3. The van der Waals surface area contributed by atoms with Crippen molar-refractivity contribution in [2.75, 3.05) is 24.5 Å². The summed E-state index contributed by atoms with van der Waals surface area (Å²) in [6.45, 7) is 6.68. The van der Waals surface area contributed by atoms with Crippen LogP contribution in [0.4, 0.5) is 5.69 Å². The summed E-state index contributed by atoms with van der Waals surface area (Å²) >= 11 is 1.62. The summed E-state index contributed by atoms with van der Waals surface area (Å²) in [5.74, 6) is 0.656. The zero-order valence-corrected chi connectivity index (χ0v) is 18.1. The normalized spacial score (nSPS) is 14.8. The van der Waals surface area contributed by atoms with E-state index in [1.54, 1.807) is 11.3 Å². The molecule has 1 aromatic carbocycles. The number of carbonyl (C=O) groups excluding carboxylic acids is 2. The lowest BCUT2D eigenvalue weighted by Crippen LogP contribution is -2.45. The molecule has 2 aromatic rings. The fourth-order valence-corrected chi connectivity index (χ4v) is 4.33. The van der Waals surface area contributed by atoms with Crippen LogP contribution in [-0.2, 0) is 11.2 Å². The molecule has 1 aliphatic rings. The highest BCUT2D eigenvalue weighted by atomic mass is 32.1. The van der Waals surface area contributed by atoms with Crippen LogP contribution in [0, 0.1) is 5.92 Å². The van der Waals surface area contributed by atoms with Crippen LogP contribution in [-0.4, -0.2) is 37.5 Å². The van der Waals surface area contributed by atoms with E-state index in [9.17, 15) is 9.59 Å². The summed E-state index contributed by atoms with van der Waals surface area (Å²) in [6.07, 6.45) is 3.21. The van der Waals surface area contributed by atoms with Gasteiger partial charge in [-0.15, -0.1) is 11.3 Å². The molecule has 0 radical (unpaired) electrons. The Kier molecular flexibility index (Phi) is 7.69. The van der Waals surface area contributed by atoms with Crippen LogP contribution in [0.1, 0.15) is 48.3 Å².